The maximum Gasteiger partial charge on any atom is 0.251 e. The quantitative estimate of drug-likeness (QED) is 0.0358. The van der Waals surface area contributed by atoms with E-state index < -0.39 is 36.9 Å². The first-order valence-electron chi connectivity index (χ1n) is 30.0. The van der Waals surface area contributed by atoms with Crippen molar-refractivity contribution >= 4 is 17.7 Å². The van der Waals surface area contributed by atoms with Crippen LogP contribution in [0.4, 0.5) is 0 Å². The van der Waals surface area contributed by atoms with Crippen LogP contribution in [-0.4, -0.2) is 159 Å². The summed E-state index contributed by atoms with van der Waals surface area (Å²) in [7, 11) is 0. The van der Waals surface area contributed by atoms with Crippen molar-refractivity contribution in [1.29, 1.82) is 0 Å². The van der Waals surface area contributed by atoms with E-state index in [0.717, 1.165) is 128 Å². The molecule has 3 amide bonds. The maximum absolute atomic E-state index is 12.1. The van der Waals surface area contributed by atoms with Crippen LogP contribution >= 0.6 is 0 Å². The van der Waals surface area contributed by atoms with Gasteiger partial charge in [0, 0.05) is 32.5 Å². The first-order valence-corrected chi connectivity index (χ1v) is 30.0. The van der Waals surface area contributed by atoms with Gasteiger partial charge in [-0.05, 0) is 159 Å². The lowest BCUT2D eigenvalue weighted by molar-refractivity contribution is -0.148. The predicted molar refractivity (Wildman–Crippen MR) is 307 cm³/mol. The normalized spacial score (nSPS) is 14.5. The lowest BCUT2D eigenvalue weighted by atomic mass is 9.91. The Hall–Kier alpha value is -2.03. The van der Waals surface area contributed by atoms with Crippen molar-refractivity contribution in [2.75, 3.05) is 91.7 Å². The summed E-state index contributed by atoms with van der Waals surface area (Å²) in [5, 5.41) is 69.5. The minimum Gasteiger partial charge on any atom is -0.394 e. The molecule has 0 aliphatic carbocycles. The van der Waals surface area contributed by atoms with Gasteiger partial charge in [-0.15, -0.1) is 0 Å². The van der Waals surface area contributed by atoms with Crippen LogP contribution in [0.2, 0.25) is 0 Å². The van der Waals surface area contributed by atoms with Gasteiger partial charge < -0.3 is 74.2 Å². The molecule has 0 aliphatic heterocycles. The molecular formula is C57H121N9O8. The maximum atomic E-state index is 12.1. The average Bonchev–Trinajstić information content (AvgIpc) is 3.38. The Labute approximate surface area is 452 Å². The second-order valence-electron chi connectivity index (χ2n) is 22.0. The third-order valence-electron chi connectivity index (χ3n) is 13.9. The molecular weight excluding hydrogens is 939 g/mol. The zero-order chi connectivity index (χ0) is 55.5. The predicted octanol–water partition coefficient (Wildman–Crippen LogP) is 4.99. The molecule has 0 bridgehead atoms. The molecule has 0 radical (unpaired) electrons. The van der Waals surface area contributed by atoms with Crippen molar-refractivity contribution in [3.05, 3.63) is 0 Å². The van der Waals surface area contributed by atoms with Gasteiger partial charge in [-0.1, -0.05) is 125 Å². The van der Waals surface area contributed by atoms with Crippen LogP contribution in [0.25, 0.3) is 0 Å². The van der Waals surface area contributed by atoms with E-state index in [1.54, 1.807) is 0 Å². The summed E-state index contributed by atoms with van der Waals surface area (Å²) < 4.78 is 0. The zero-order valence-electron chi connectivity index (χ0n) is 48.4. The summed E-state index contributed by atoms with van der Waals surface area (Å²) in [5.74, 6) is 2.69. The zero-order valence-corrected chi connectivity index (χ0v) is 48.4. The van der Waals surface area contributed by atoms with Gasteiger partial charge >= 0.3 is 0 Å². The van der Waals surface area contributed by atoms with Crippen molar-refractivity contribution in [2.24, 2.45) is 41.1 Å². The van der Waals surface area contributed by atoms with Crippen molar-refractivity contribution in [2.45, 2.75) is 226 Å². The molecule has 0 aromatic heterocycles. The summed E-state index contributed by atoms with van der Waals surface area (Å²) >= 11 is 0. The van der Waals surface area contributed by atoms with Crippen LogP contribution in [0.5, 0.6) is 0 Å². The molecule has 0 aliphatic rings. The lowest BCUT2D eigenvalue weighted by Crippen LogP contribution is -2.52. The summed E-state index contributed by atoms with van der Waals surface area (Å²) in [5.41, 5.74) is 11.1. The third kappa shape index (κ3) is 49.5. The molecule has 17 nitrogen and oxygen atoms in total. The number of nitrogens with one attached hydrogen (secondary N) is 7. The van der Waals surface area contributed by atoms with Gasteiger partial charge in [0.25, 0.3) is 5.91 Å². The molecule has 0 heterocycles. The Balaban J connectivity index is 0. The Morgan fingerprint density at radius 1 is 0.432 bits per heavy atom. The molecule has 0 rings (SSSR count). The van der Waals surface area contributed by atoms with Gasteiger partial charge in [0.1, 0.15) is 18.3 Å². The first kappa shape index (κ1) is 74.0. The van der Waals surface area contributed by atoms with E-state index in [9.17, 15) is 34.8 Å². The number of hydrogen-bond acceptors (Lipinski definition) is 14. The molecule has 0 saturated heterocycles. The van der Waals surface area contributed by atoms with Crippen molar-refractivity contribution in [3.8, 4) is 0 Å². The standard InChI is InChI=1S/C30H60N2O7.C27H61N7O/c1-21(2)10-8-13-22(3)11-6-7-12-23(4)14-9-15-24(5)16-17-26(35)31-18-19-32-30(39)29(38)28(37)27(36)25(34)20-33;1-2-13-27(35)34-23-6-4-3-5-14-26(24-32-19-9-7-17-30-21-11-15-28)25-33-20-10-8-18-31-22-12-16-29/h21-25,27-29,33-34,36-38H,6-20H2,1-5H3,(H,31,35)(H,32,39);26,30-33H,2-25,28-29H2,1H3,(H,34,35)/t22?,23?,24?,25-,27-,28+,29-;/m1./s1. The van der Waals surface area contributed by atoms with Gasteiger partial charge in [0.2, 0.25) is 11.8 Å². The number of hydrogen-bond donors (Lipinski definition) is 14. The number of amides is 3. The Bertz CT molecular complexity index is 1220. The molecule has 7 atom stereocenters. The molecule has 3 unspecified atom stereocenters. The van der Waals surface area contributed by atoms with Gasteiger partial charge in [-0.3, -0.25) is 14.4 Å². The van der Waals surface area contributed by atoms with E-state index in [1.807, 2.05) is 6.92 Å². The molecule has 442 valence electrons. The van der Waals surface area contributed by atoms with E-state index in [1.165, 1.54) is 109 Å². The van der Waals surface area contributed by atoms with Gasteiger partial charge in [-0.25, -0.2) is 0 Å². The molecule has 0 aromatic carbocycles. The van der Waals surface area contributed by atoms with Gasteiger partial charge in [0.05, 0.1) is 6.61 Å². The summed E-state index contributed by atoms with van der Waals surface area (Å²) in [6, 6.07) is 0. The number of rotatable bonds is 53. The van der Waals surface area contributed by atoms with Crippen LogP contribution in [0.15, 0.2) is 0 Å². The minimum absolute atomic E-state index is 0.0392. The average molecular weight is 1060 g/mol. The molecule has 0 spiro atoms. The van der Waals surface area contributed by atoms with Crippen LogP contribution in [-0.2, 0) is 14.4 Å². The molecule has 0 saturated carbocycles. The van der Waals surface area contributed by atoms with Crippen LogP contribution < -0.4 is 48.7 Å². The molecule has 0 aromatic rings. The molecule has 16 N–H and O–H groups in total. The molecule has 17 heteroatoms. The fourth-order valence-electron chi connectivity index (χ4n) is 8.79. The highest BCUT2D eigenvalue weighted by atomic mass is 16.4. The molecule has 74 heavy (non-hydrogen) atoms. The number of unbranched alkanes of at least 4 members (excludes halogenated alkanes) is 6. The van der Waals surface area contributed by atoms with E-state index in [4.69, 9.17) is 16.6 Å². The van der Waals surface area contributed by atoms with E-state index in [-0.39, 0.29) is 24.9 Å². The minimum atomic E-state index is -1.98. The van der Waals surface area contributed by atoms with E-state index in [0.29, 0.717) is 24.7 Å². The van der Waals surface area contributed by atoms with E-state index in [2.05, 4.69) is 71.8 Å². The van der Waals surface area contributed by atoms with Gasteiger partial charge in [-0.2, -0.15) is 0 Å². The largest absolute Gasteiger partial charge is 0.394 e. The highest BCUT2D eigenvalue weighted by Crippen LogP contribution is 2.23. The number of carbonyl (C=O) groups excluding carboxylic acids is 3. The number of carbonyl (C=O) groups is 3. The highest BCUT2D eigenvalue weighted by Gasteiger charge is 2.34. The summed E-state index contributed by atoms with van der Waals surface area (Å²) in [6.07, 6.45) is 21.3. The number of aliphatic hydroxyl groups excluding tert-OH is 5. The van der Waals surface area contributed by atoms with Crippen molar-refractivity contribution in [1.82, 2.24) is 37.2 Å². The first-order chi connectivity index (χ1) is 35.6. The van der Waals surface area contributed by atoms with Gasteiger partial charge in [0.15, 0.2) is 6.10 Å². The number of aliphatic hydroxyl groups is 5. The lowest BCUT2D eigenvalue weighted by Gasteiger charge is -2.24. The van der Waals surface area contributed by atoms with E-state index >= 15 is 0 Å². The molecule has 0 fully saturated rings. The van der Waals surface area contributed by atoms with Crippen molar-refractivity contribution in [3.63, 3.8) is 0 Å². The fraction of sp³-hybridized carbons (Fsp3) is 0.947. The Kier molecular flexibility index (Phi) is 54.4. The SMILES string of the molecule is CC(C)CCCC(C)CCCCC(C)CCCC(C)CCC(=O)NCCNC(=O)[C@H](O)[C@@H](O)[C@H](O)[C@H](O)CO.CCCC(=O)NCCCCCCC(CNCCCCNCCCN)CNCCCCNCCCN. The summed E-state index contributed by atoms with van der Waals surface area (Å²) in [4.78, 5) is 35.5. The van der Waals surface area contributed by atoms with Crippen molar-refractivity contribution < 1.29 is 39.9 Å². The fourth-order valence-corrected chi connectivity index (χ4v) is 8.79. The number of nitrogens with two attached hydrogens (primary N) is 2. The summed E-state index contributed by atoms with van der Waals surface area (Å²) in [6.45, 7) is 23.9. The second-order valence-corrected chi connectivity index (χ2v) is 22.0. The monoisotopic (exact) mass is 1060 g/mol. The van der Waals surface area contributed by atoms with Crippen LogP contribution in [0.3, 0.4) is 0 Å². The highest BCUT2D eigenvalue weighted by molar-refractivity contribution is 5.81. The third-order valence-corrected chi connectivity index (χ3v) is 13.9. The van der Waals surface area contributed by atoms with Crippen LogP contribution in [0.1, 0.15) is 202 Å². The Morgan fingerprint density at radius 2 is 0.851 bits per heavy atom. The second kappa shape index (κ2) is 54.3. The Morgan fingerprint density at radius 3 is 1.36 bits per heavy atom. The van der Waals surface area contributed by atoms with Crippen LogP contribution in [0, 0.1) is 29.6 Å². The smallest absolute Gasteiger partial charge is 0.251 e. The topological polar surface area (TPSA) is 289 Å².